The maximum absolute atomic E-state index is 13.1. The lowest BCUT2D eigenvalue weighted by molar-refractivity contribution is -0.386. The van der Waals surface area contributed by atoms with Crippen molar-refractivity contribution in [1.82, 2.24) is 24.9 Å². The number of hydrogen-bond acceptors (Lipinski definition) is 6. The molecule has 2 aromatic carbocycles. The molecule has 0 aliphatic carbocycles. The van der Waals surface area contributed by atoms with Gasteiger partial charge in [0.15, 0.2) is 0 Å². The van der Waals surface area contributed by atoms with E-state index in [1.54, 1.807) is 30.7 Å². The van der Waals surface area contributed by atoms with Gasteiger partial charge in [0, 0.05) is 38.3 Å². The fraction of sp³-hybridized carbons (Fsp3) is 0.385. The summed E-state index contributed by atoms with van der Waals surface area (Å²) in [6, 6.07) is 17.3. The Bertz CT molecular complexity index is 1170. The summed E-state index contributed by atoms with van der Waals surface area (Å²) in [6.45, 7) is 8.51. The molecule has 1 atom stereocenters. The molecule has 184 valence electrons. The molecule has 1 unspecified atom stereocenters. The van der Waals surface area contributed by atoms with E-state index in [0.717, 1.165) is 43.9 Å². The number of benzene rings is 2. The van der Waals surface area contributed by atoms with Crippen molar-refractivity contribution < 1.29 is 9.72 Å². The molecule has 4 rings (SSSR count). The number of nitrogens with one attached hydrogen (secondary N) is 1. The fourth-order valence-electron chi connectivity index (χ4n) is 4.49. The Balaban J connectivity index is 1.45. The molecule has 1 aromatic heterocycles. The van der Waals surface area contributed by atoms with E-state index in [-0.39, 0.29) is 17.6 Å². The second kappa shape index (κ2) is 10.8. The van der Waals surface area contributed by atoms with Crippen molar-refractivity contribution in [2.45, 2.75) is 26.4 Å². The number of nitro groups is 1. The lowest BCUT2D eigenvalue weighted by Crippen LogP contribution is -2.47. The Kier molecular flexibility index (Phi) is 7.57. The molecule has 0 saturated carbocycles. The standard InChI is InChI=1S/C26H32N6O3/c1-19-25(32(34)35)20(2)31(28-19)17-21-9-11-23(12-10-21)26(33)27-24(22-7-5-4-6-8-22)18-30-15-13-29(3)14-16-30/h4-12,24H,13-18H2,1-3H3,(H,27,33). The third kappa shape index (κ3) is 5.93. The number of hydrogen-bond donors (Lipinski definition) is 1. The van der Waals surface area contributed by atoms with Gasteiger partial charge in [0.1, 0.15) is 11.4 Å². The number of piperazine rings is 1. The van der Waals surface area contributed by atoms with Crippen LogP contribution in [0.15, 0.2) is 54.6 Å². The van der Waals surface area contributed by atoms with Gasteiger partial charge in [0.05, 0.1) is 17.5 Å². The number of nitrogens with zero attached hydrogens (tertiary/aromatic N) is 5. The monoisotopic (exact) mass is 476 g/mol. The van der Waals surface area contributed by atoms with E-state index >= 15 is 0 Å². The summed E-state index contributed by atoms with van der Waals surface area (Å²) in [4.78, 5) is 28.7. The Labute approximate surface area is 205 Å². The fourth-order valence-corrected chi connectivity index (χ4v) is 4.49. The average molecular weight is 477 g/mol. The van der Waals surface area contributed by atoms with Gasteiger partial charge in [-0.1, -0.05) is 42.5 Å². The van der Waals surface area contributed by atoms with E-state index in [0.29, 0.717) is 23.5 Å². The minimum absolute atomic E-state index is 0.0494. The number of aryl methyl sites for hydroxylation is 1. The molecule has 1 N–H and O–H groups in total. The molecule has 3 aromatic rings. The van der Waals surface area contributed by atoms with E-state index in [9.17, 15) is 14.9 Å². The van der Waals surface area contributed by atoms with E-state index in [1.807, 2.05) is 30.3 Å². The molecule has 1 aliphatic rings. The van der Waals surface area contributed by atoms with Crippen LogP contribution in [0.2, 0.25) is 0 Å². The molecule has 9 nitrogen and oxygen atoms in total. The zero-order valence-electron chi connectivity index (χ0n) is 20.5. The predicted molar refractivity (Wildman–Crippen MR) is 134 cm³/mol. The van der Waals surface area contributed by atoms with Crippen molar-refractivity contribution in [3.8, 4) is 0 Å². The van der Waals surface area contributed by atoms with Crippen LogP contribution in [-0.4, -0.2) is 70.2 Å². The minimum Gasteiger partial charge on any atom is -0.344 e. The minimum atomic E-state index is -0.396. The van der Waals surface area contributed by atoms with Crippen molar-refractivity contribution in [2.75, 3.05) is 39.8 Å². The quantitative estimate of drug-likeness (QED) is 0.396. The van der Waals surface area contributed by atoms with Crippen molar-refractivity contribution in [2.24, 2.45) is 0 Å². The Morgan fingerprint density at radius 3 is 2.31 bits per heavy atom. The average Bonchev–Trinajstić information content (AvgIpc) is 3.13. The van der Waals surface area contributed by atoms with Crippen LogP contribution in [0, 0.1) is 24.0 Å². The van der Waals surface area contributed by atoms with E-state index in [4.69, 9.17) is 0 Å². The van der Waals surface area contributed by atoms with Crippen molar-refractivity contribution in [3.05, 3.63) is 92.8 Å². The molecule has 0 spiro atoms. The molecule has 1 amide bonds. The molecule has 0 bridgehead atoms. The van der Waals surface area contributed by atoms with Gasteiger partial charge in [-0.3, -0.25) is 24.5 Å². The maximum Gasteiger partial charge on any atom is 0.312 e. The summed E-state index contributed by atoms with van der Waals surface area (Å²) in [6.07, 6.45) is 0. The van der Waals surface area contributed by atoms with Gasteiger partial charge >= 0.3 is 5.69 Å². The number of aromatic nitrogens is 2. The smallest absolute Gasteiger partial charge is 0.312 e. The highest BCUT2D eigenvalue weighted by Crippen LogP contribution is 2.23. The van der Waals surface area contributed by atoms with Crippen LogP contribution >= 0.6 is 0 Å². The third-order valence-electron chi connectivity index (χ3n) is 6.62. The van der Waals surface area contributed by atoms with Gasteiger partial charge in [-0.25, -0.2) is 0 Å². The molecule has 1 fully saturated rings. The summed E-state index contributed by atoms with van der Waals surface area (Å²) in [7, 11) is 2.13. The molecule has 2 heterocycles. The molecule has 9 heteroatoms. The summed E-state index contributed by atoms with van der Waals surface area (Å²) in [5.74, 6) is -0.124. The first-order valence-electron chi connectivity index (χ1n) is 11.9. The Morgan fingerprint density at radius 2 is 1.71 bits per heavy atom. The van der Waals surface area contributed by atoms with Crippen LogP contribution in [-0.2, 0) is 6.54 Å². The number of rotatable bonds is 8. The lowest BCUT2D eigenvalue weighted by atomic mass is 10.0. The van der Waals surface area contributed by atoms with Gasteiger partial charge in [-0.2, -0.15) is 5.10 Å². The highest BCUT2D eigenvalue weighted by atomic mass is 16.6. The lowest BCUT2D eigenvalue weighted by Gasteiger charge is -2.35. The number of carbonyl (C=O) groups is 1. The van der Waals surface area contributed by atoms with Gasteiger partial charge in [0.25, 0.3) is 5.91 Å². The second-order valence-electron chi connectivity index (χ2n) is 9.17. The van der Waals surface area contributed by atoms with Crippen molar-refractivity contribution in [1.29, 1.82) is 0 Å². The molecular weight excluding hydrogens is 444 g/mol. The SMILES string of the molecule is Cc1nn(Cc2ccc(C(=O)NC(CN3CCN(C)CC3)c3ccccc3)cc2)c(C)c1[N+](=O)[O-]. The van der Waals surface area contributed by atoms with Gasteiger partial charge in [-0.05, 0) is 44.2 Å². The highest BCUT2D eigenvalue weighted by molar-refractivity contribution is 5.94. The summed E-state index contributed by atoms with van der Waals surface area (Å²) >= 11 is 0. The molecule has 35 heavy (non-hydrogen) atoms. The van der Waals surface area contributed by atoms with Gasteiger partial charge < -0.3 is 10.2 Å². The molecule has 0 radical (unpaired) electrons. The van der Waals surface area contributed by atoms with Crippen molar-refractivity contribution >= 4 is 11.6 Å². The topological polar surface area (TPSA) is 96.5 Å². The van der Waals surface area contributed by atoms with E-state index in [2.05, 4.69) is 39.4 Å². The zero-order valence-corrected chi connectivity index (χ0v) is 20.5. The Morgan fingerprint density at radius 1 is 1.06 bits per heavy atom. The van der Waals surface area contributed by atoms with E-state index < -0.39 is 4.92 Å². The van der Waals surface area contributed by atoms with Crippen LogP contribution in [0.25, 0.3) is 0 Å². The Hall–Kier alpha value is -3.56. The molecule has 1 saturated heterocycles. The number of carbonyl (C=O) groups excluding carboxylic acids is 1. The summed E-state index contributed by atoms with van der Waals surface area (Å²) < 4.78 is 1.63. The zero-order chi connectivity index (χ0) is 24.9. The van der Waals surface area contributed by atoms with E-state index in [1.165, 1.54) is 0 Å². The van der Waals surface area contributed by atoms with Crippen LogP contribution in [0.3, 0.4) is 0 Å². The number of amides is 1. The highest BCUT2D eigenvalue weighted by Gasteiger charge is 2.23. The molecule has 1 aliphatic heterocycles. The van der Waals surface area contributed by atoms with Gasteiger partial charge in [-0.15, -0.1) is 0 Å². The first-order chi connectivity index (χ1) is 16.8. The first-order valence-corrected chi connectivity index (χ1v) is 11.9. The second-order valence-corrected chi connectivity index (χ2v) is 9.17. The summed E-state index contributed by atoms with van der Waals surface area (Å²) in [5.41, 5.74) is 3.54. The number of likely N-dealkylation sites (N-methyl/N-ethyl adjacent to an activating group) is 1. The predicted octanol–water partition coefficient (Wildman–Crippen LogP) is 3.17. The first kappa shape index (κ1) is 24.6. The third-order valence-corrected chi connectivity index (χ3v) is 6.62. The molecular formula is C26H32N6O3. The largest absolute Gasteiger partial charge is 0.344 e. The van der Waals surface area contributed by atoms with Crippen LogP contribution < -0.4 is 5.32 Å². The van der Waals surface area contributed by atoms with Crippen molar-refractivity contribution in [3.63, 3.8) is 0 Å². The van der Waals surface area contributed by atoms with Gasteiger partial charge in [0.2, 0.25) is 0 Å². The summed E-state index contributed by atoms with van der Waals surface area (Å²) in [5, 5.41) is 18.8. The van der Waals surface area contributed by atoms with Crippen LogP contribution in [0.1, 0.15) is 38.9 Å². The maximum atomic E-state index is 13.1. The van der Waals surface area contributed by atoms with Crippen LogP contribution in [0.4, 0.5) is 5.69 Å². The normalized spacial score (nSPS) is 15.6. The van der Waals surface area contributed by atoms with Crippen LogP contribution in [0.5, 0.6) is 0 Å².